The summed E-state index contributed by atoms with van der Waals surface area (Å²) in [4.78, 5) is 24.3. The Labute approximate surface area is 314 Å². The normalized spacial score (nSPS) is 12.9. The first-order chi connectivity index (χ1) is 25.1. The average molecular weight is 711 g/mol. The number of hydrogen-bond acceptors (Lipinski definition) is 5. The summed E-state index contributed by atoms with van der Waals surface area (Å²) in [6.07, 6.45) is 55.3. The van der Waals surface area contributed by atoms with Crippen LogP contribution in [0.4, 0.5) is 0 Å². The van der Waals surface area contributed by atoms with E-state index in [-0.39, 0.29) is 25.2 Å². The molecule has 292 valence electrons. The molecular formula is C46H78O5. The van der Waals surface area contributed by atoms with Gasteiger partial charge in [-0.15, -0.1) is 0 Å². The van der Waals surface area contributed by atoms with E-state index in [2.05, 4.69) is 86.8 Å². The second-order valence-electron chi connectivity index (χ2n) is 13.7. The summed E-state index contributed by atoms with van der Waals surface area (Å²) in [6.45, 7) is 3.99. The van der Waals surface area contributed by atoms with Crippen LogP contribution in [0.1, 0.15) is 187 Å². The van der Waals surface area contributed by atoms with Gasteiger partial charge in [0.15, 0.2) is 6.10 Å². The molecule has 0 spiro atoms. The molecular weight excluding hydrogens is 633 g/mol. The summed E-state index contributed by atoms with van der Waals surface area (Å²) in [5.74, 6) is -0.626. The number of carbonyl (C=O) groups excluding carboxylic acids is 2. The first-order valence-corrected chi connectivity index (χ1v) is 21.0. The van der Waals surface area contributed by atoms with E-state index in [0.717, 1.165) is 96.3 Å². The highest BCUT2D eigenvalue weighted by molar-refractivity contribution is 5.70. The Bertz CT molecular complexity index is 941. The molecule has 51 heavy (non-hydrogen) atoms. The maximum atomic E-state index is 12.2. The lowest BCUT2D eigenvalue weighted by atomic mass is 10.1. The number of hydrogen-bond donors (Lipinski definition) is 1. The quantitative estimate of drug-likeness (QED) is 0.0395. The van der Waals surface area contributed by atoms with E-state index < -0.39 is 6.10 Å². The third kappa shape index (κ3) is 40.0. The summed E-state index contributed by atoms with van der Waals surface area (Å²) in [7, 11) is 0. The molecule has 1 unspecified atom stereocenters. The predicted octanol–water partition coefficient (Wildman–Crippen LogP) is 13.3. The van der Waals surface area contributed by atoms with Crippen molar-refractivity contribution in [1.29, 1.82) is 0 Å². The molecule has 0 aliphatic heterocycles. The fourth-order valence-electron chi connectivity index (χ4n) is 5.57. The molecule has 0 aromatic rings. The molecule has 0 saturated heterocycles. The molecule has 5 nitrogen and oxygen atoms in total. The van der Waals surface area contributed by atoms with Crippen LogP contribution >= 0.6 is 0 Å². The van der Waals surface area contributed by atoms with Gasteiger partial charge in [0, 0.05) is 12.8 Å². The van der Waals surface area contributed by atoms with Gasteiger partial charge in [0.2, 0.25) is 0 Å². The third-order valence-corrected chi connectivity index (χ3v) is 8.73. The lowest BCUT2D eigenvalue weighted by Gasteiger charge is -2.15. The highest BCUT2D eigenvalue weighted by Gasteiger charge is 2.16. The van der Waals surface area contributed by atoms with Crippen molar-refractivity contribution >= 4 is 11.9 Å². The molecule has 0 radical (unpaired) electrons. The molecule has 0 saturated carbocycles. The SMILES string of the molecule is CC/C=C\C/C=C\C/C=C\C/C=C\C/C=C\CCCCCCCC(=O)OC(CO)COC(=O)CCCCCCC/C=C\CCCCCCCCC. The Hall–Kier alpha value is -2.66. The van der Waals surface area contributed by atoms with E-state index in [1.807, 2.05) is 0 Å². The second kappa shape index (κ2) is 41.8. The molecule has 0 heterocycles. The van der Waals surface area contributed by atoms with E-state index in [9.17, 15) is 14.7 Å². The van der Waals surface area contributed by atoms with Gasteiger partial charge in [-0.05, 0) is 83.5 Å². The molecule has 1 N–H and O–H groups in total. The van der Waals surface area contributed by atoms with E-state index in [0.29, 0.717) is 12.8 Å². The topological polar surface area (TPSA) is 72.8 Å². The number of aliphatic hydroxyl groups is 1. The van der Waals surface area contributed by atoms with Crippen LogP contribution in [0.3, 0.4) is 0 Å². The standard InChI is InChI=1S/C46H78O5/c1-3-5-7-9-11-13-15-17-19-21-22-23-24-25-27-29-31-33-35-37-39-41-46(49)51-44(42-47)43-50-45(48)40-38-36-34-32-30-28-26-20-18-16-14-12-10-8-6-4-2/h5,7,11,13,17,19-20,22-23,25-27,44,47H,3-4,6,8-10,12,14-16,18,21,24,28-43H2,1-2H3/b7-5-,13-11-,19-17-,23-22-,26-20-,27-25-. The zero-order valence-electron chi connectivity index (χ0n) is 33.1. The van der Waals surface area contributed by atoms with Crippen LogP contribution in [0.25, 0.3) is 0 Å². The molecule has 0 bridgehead atoms. The molecule has 0 fully saturated rings. The van der Waals surface area contributed by atoms with Crippen molar-refractivity contribution in [2.24, 2.45) is 0 Å². The Morgan fingerprint density at radius 3 is 1.29 bits per heavy atom. The predicted molar refractivity (Wildman–Crippen MR) is 219 cm³/mol. The van der Waals surface area contributed by atoms with Gasteiger partial charge < -0.3 is 14.6 Å². The van der Waals surface area contributed by atoms with Crippen LogP contribution < -0.4 is 0 Å². The average Bonchev–Trinajstić information content (AvgIpc) is 3.13. The molecule has 0 aliphatic rings. The van der Waals surface area contributed by atoms with Gasteiger partial charge >= 0.3 is 11.9 Å². The van der Waals surface area contributed by atoms with Crippen molar-refractivity contribution < 1.29 is 24.2 Å². The van der Waals surface area contributed by atoms with Gasteiger partial charge in [-0.3, -0.25) is 9.59 Å². The Balaban J connectivity index is 3.63. The highest BCUT2D eigenvalue weighted by atomic mass is 16.6. The van der Waals surface area contributed by atoms with E-state index in [1.54, 1.807) is 0 Å². The maximum absolute atomic E-state index is 12.2. The molecule has 5 heteroatoms. The number of unbranched alkanes of at least 4 members (excludes halogenated alkanes) is 17. The summed E-state index contributed by atoms with van der Waals surface area (Å²) in [5, 5.41) is 9.57. The van der Waals surface area contributed by atoms with Crippen LogP contribution in [-0.4, -0.2) is 36.4 Å². The minimum absolute atomic E-state index is 0.0813. The van der Waals surface area contributed by atoms with Crippen LogP contribution in [0.2, 0.25) is 0 Å². The fraction of sp³-hybridized carbons (Fsp3) is 0.696. The first kappa shape index (κ1) is 48.3. The number of carbonyl (C=O) groups is 2. The van der Waals surface area contributed by atoms with Crippen molar-refractivity contribution in [1.82, 2.24) is 0 Å². The minimum atomic E-state index is -0.788. The van der Waals surface area contributed by atoms with E-state index in [4.69, 9.17) is 9.47 Å². The zero-order chi connectivity index (χ0) is 37.1. The molecule has 0 aromatic heterocycles. The van der Waals surface area contributed by atoms with Crippen LogP contribution in [0.5, 0.6) is 0 Å². The van der Waals surface area contributed by atoms with Crippen molar-refractivity contribution in [3.8, 4) is 0 Å². The van der Waals surface area contributed by atoms with Gasteiger partial charge in [-0.25, -0.2) is 0 Å². The van der Waals surface area contributed by atoms with Crippen LogP contribution in [0, 0.1) is 0 Å². The largest absolute Gasteiger partial charge is 0.462 e. The monoisotopic (exact) mass is 711 g/mol. The van der Waals surface area contributed by atoms with Crippen molar-refractivity contribution in [2.45, 2.75) is 193 Å². The Kier molecular flexibility index (Phi) is 39.6. The van der Waals surface area contributed by atoms with Crippen LogP contribution in [-0.2, 0) is 19.1 Å². The van der Waals surface area contributed by atoms with Crippen molar-refractivity contribution in [3.05, 3.63) is 72.9 Å². The van der Waals surface area contributed by atoms with Gasteiger partial charge in [-0.1, -0.05) is 164 Å². The maximum Gasteiger partial charge on any atom is 0.306 e. The fourth-order valence-corrected chi connectivity index (χ4v) is 5.57. The van der Waals surface area contributed by atoms with Crippen LogP contribution in [0.15, 0.2) is 72.9 Å². The summed E-state index contributed by atoms with van der Waals surface area (Å²) in [5.41, 5.74) is 0. The highest BCUT2D eigenvalue weighted by Crippen LogP contribution is 2.12. The van der Waals surface area contributed by atoms with Gasteiger partial charge in [0.1, 0.15) is 6.61 Å². The Morgan fingerprint density at radius 1 is 0.471 bits per heavy atom. The van der Waals surface area contributed by atoms with Crippen molar-refractivity contribution in [3.63, 3.8) is 0 Å². The summed E-state index contributed by atoms with van der Waals surface area (Å²) < 4.78 is 10.6. The van der Waals surface area contributed by atoms with Gasteiger partial charge in [0.25, 0.3) is 0 Å². The minimum Gasteiger partial charge on any atom is -0.462 e. The molecule has 1 atom stereocenters. The smallest absolute Gasteiger partial charge is 0.306 e. The lowest BCUT2D eigenvalue weighted by molar-refractivity contribution is -0.161. The molecule has 0 rings (SSSR count). The van der Waals surface area contributed by atoms with E-state index >= 15 is 0 Å². The van der Waals surface area contributed by atoms with Gasteiger partial charge in [0.05, 0.1) is 6.61 Å². The number of aliphatic hydroxyl groups excluding tert-OH is 1. The van der Waals surface area contributed by atoms with Crippen molar-refractivity contribution in [2.75, 3.05) is 13.2 Å². The molecule has 0 amide bonds. The van der Waals surface area contributed by atoms with E-state index in [1.165, 1.54) is 64.2 Å². The zero-order valence-corrected chi connectivity index (χ0v) is 33.1. The molecule has 0 aromatic carbocycles. The Morgan fingerprint density at radius 2 is 0.843 bits per heavy atom. The molecule has 0 aliphatic carbocycles. The number of esters is 2. The summed E-state index contributed by atoms with van der Waals surface area (Å²) in [6, 6.07) is 0. The first-order valence-electron chi connectivity index (χ1n) is 21.0. The number of ether oxygens (including phenoxy) is 2. The summed E-state index contributed by atoms with van der Waals surface area (Å²) >= 11 is 0. The third-order valence-electron chi connectivity index (χ3n) is 8.73. The van der Waals surface area contributed by atoms with Gasteiger partial charge in [-0.2, -0.15) is 0 Å². The lowest BCUT2D eigenvalue weighted by Crippen LogP contribution is -2.28. The second-order valence-corrected chi connectivity index (χ2v) is 13.7. The number of allylic oxidation sites excluding steroid dienone is 12. The number of rotatable bonds is 37.